The summed E-state index contributed by atoms with van der Waals surface area (Å²) in [5, 5.41) is 9.61. The summed E-state index contributed by atoms with van der Waals surface area (Å²) in [6.45, 7) is 6.86. The Kier molecular flexibility index (Phi) is 3.38. The standard InChI is InChI=1S/C18H24O4/c1-17(2)10-18(3)9-12(17)8-15(18)22-16(20)11-5-6-13(19)14(7-11)21-4/h5-7,12,15,19H,8-10H2,1-4H3/t12?,15-,18?/m0/s1. The van der Waals surface area contributed by atoms with Crippen LogP contribution in [-0.2, 0) is 4.74 Å². The number of carbonyl (C=O) groups is 1. The fourth-order valence-corrected chi connectivity index (χ4v) is 4.48. The Labute approximate surface area is 131 Å². The van der Waals surface area contributed by atoms with Crippen molar-refractivity contribution in [3.63, 3.8) is 0 Å². The van der Waals surface area contributed by atoms with Crippen LogP contribution in [-0.4, -0.2) is 24.3 Å². The van der Waals surface area contributed by atoms with Crippen LogP contribution < -0.4 is 4.74 Å². The number of methoxy groups -OCH3 is 1. The molecule has 1 aromatic rings. The quantitative estimate of drug-likeness (QED) is 0.864. The first-order valence-corrected chi connectivity index (χ1v) is 7.83. The molecule has 0 heterocycles. The Morgan fingerprint density at radius 3 is 2.59 bits per heavy atom. The third-order valence-electron chi connectivity index (χ3n) is 5.62. The maximum atomic E-state index is 12.4. The molecule has 2 fully saturated rings. The molecule has 0 spiro atoms. The van der Waals surface area contributed by atoms with Crippen LogP contribution in [0.4, 0.5) is 0 Å². The highest BCUT2D eigenvalue weighted by Crippen LogP contribution is 2.63. The number of rotatable bonds is 3. The molecule has 2 saturated carbocycles. The van der Waals surface area contributed by atoms with Gasteiger partial charge in [0.1, 0.15) is 6.10 Å². The SMILES string of the molecule is COc1cc(C(=O)O[C@H]2CC3CC2(C)CC3(C)C)ccc1O. The minimum absolute atomic E-state index is 0.0159. The van der Waals surface area contributed by atoms with E-state index in [1.165, 1.54) is 19.2 Å². The summed E-state index contributed by atoms with van der Waals surface area (Å²) in [6, 6.07) is 4.55. The minimum atomic E-state index is -0.338. The minimum Gasteiger partial charge on any atom is -0.504 e. The number of ether oxygens (including phenoxy) is 2. The van der Waals surface area contributed by atoms with Gasteiger partial charge in [-0.15, -0.1) is 0 Å². The first-order valence-electron chi connectivity index (χ1n) is 7.83. The van der Waals surface area contributed by atoms with Crippen molar-refractivity contribution in [1.29, 1.82) is 0 Å². The Morgan fingerprint density at radius 2 is 2.05 bits per heavy atom. The number of esters is 1. The zero-order chi connectivity index (χ0) is 16.1. The second-order valence-corrected chi connectivity index (χ2v) is 7.74. The van der Waals surface area contributed by atoms with E-state index in [4.69, 9.17) is 9.47 Å². The Morgan fingerprint density at radius 1 is 1.32 bits per heavy atom. The van der Waals surface area contributed by atoms with E-state index in [9.17, 15) is 9.90 Å². The summed E-state index contributed by atoms with van der Waals surface area (Å²) < 4.78 is 10.8. The molecular weight excluding hydrogens is 280 g/mol. The van der Waals surface area contributed by atoms with Crippen molar-refractivity contribution in [3.05, 3.63) is 23.8 Å². The van der Waals surface area contributed by atoms with Gasteiger partial charge >= 0.3 is 5.97 Å². The Bertz CT molecular complexity index is 607. The van der Waals surface area contributed by atoms with Gasteiger partial charge in [0.2, 0.25) is 0 Å². The molecule has 2 unspecified atom stereocenters. The average Bonchev–Trinajstić information content (AvgIpc) is 2.87. The van der Waals surface area contributed by atoms with E-state index in [2.05, 4.69) is 20.8 Å². The third kappa shape index (κ3) is 2.34. The fraction of sp³-hybridized carbons (Fsp3) is 0.611. The van der Waals surface area contributed by atoms with Gasteiger partial charge in [0.15, 0.2) is 11.5 Å². The number of fused-ring (bicyclic) bond motifs is 2. The summed E-state index contributed by atoms with van der Waals surface area (Å²) in [5.41, 5.74) is 0.852. The predicted molar refractivity (Wildman–Crippen MR) is 83.1 cm³/mol. The normalized spacial score (nSPS) is 32.0. The lowest BCUT2D eigenvalue weighted by atomic mass is 9.71. The fourth-order valence-electron chi connectivity index (χ4n) is 4.48. The second kappa shape index (κ2) is 4.90. The first-order chi connectivity index (χ1) is 10.2. The molecule has 22 heavy (non-hydrogen) atoms. The van der Waals surface area contributed by atoms with Gasteiger partial charge in [-0.25, -0.2) is 4.79 Å². The summed E-state index contributed by atoms with van der Waals surface area (Å²) in [7, 11) is 1.46. The van der Waals surface area contributed by atoms with Crippen LogP contribution in [0.15, 0.2) is 18.2 Å². The van der Waals surface area contributed by atoms with Gasteiger partial charge < -0.3 is 14.6 Å². The molecule has 3 rings (SSSR count). The topological polar surface area (TPSA) is 55.8 Å². The van der Waals surface area contributed by atoms with Crippen LogP contribution >= 0.6 is 0 Å². The molecule has 2 aliphatic carbocycles. The molecule has 0 amide bonds. The average molecular weight is 304 g/mol. The zero-order valence-corrected chi connectivity index (χ0v) is 13.7. The summed E-state index contributed by atoms with van der Waals surface area (Å²) in [6.07, 6.45) is 3.17. The molecule has 4 nitrogen and oxygen atoms in total. The number of aromatic hydroxyl groups is 1. The molecule has 0 aromatic heterocycles. The predicted octanol–water partition coefficient (Wildman–Crippen LogP) is 3.77. The van der Waals surface area contributed by atoms with Crippen molar-refractivity contribution < 1.29 is 19.4 Å². The molecule has 3 atom stereocenters. The maximum absolute atomic E-state index is 12.4. The highest BCUT2D eigenvalue weighted by Gasteiger charge is 2.58. The van der Waals surface area contributed by atoms with Crippen LogP contribution in [0, 0.1) is 16.7 Å². The van der Waals surface area contributed by atoms with E-state index in [1.807, 2.05) is 0 Å². The summed E-state index contributed by atoms with van der Waals surface area (Å²) in [5.74, 6) is 0.599. The zero-order valence-electron chi connectivity index (χ0n) is 13.7. The molecule has 4 heteroatoms. The number of phenols is 1. The number of phenolic OH excluding ortho intramolecular Hbond substituents is 1. The van der Waals surface area contributed by atoms with Gasteiger partial charge in [0.25, 0.3) is 0 Å². The summed E-state index contributed by atoms with van der Waals surface area (Å²) >= 11 is 0. The van der Waals surface area contributed by atoms with Crippen molar-refractivity contribution in [3.8, 4) is 11.5 Å². The lowest BCUT2D eigenvalue weighted by molar-refractivity contribution is -0.0221. The van der Waals surface area contributed by atoms with E-state index in [0.29, 0.717) is 16.9 Å². The van der Waals surface area contributed by atoms with E-state index >= 15 is 0 Å². The Hall–Kier alpha value is -1.71. The molecule has 0 radical (unpaired) electrons. The van der Waals surface area contributed by atoms with Crippen LogP contribution in [0.2, 0.25) is 0 Å². The van der Waals surface area contributed by atoms with E-state index in [0.717, 1.165) is 19.3 Å². The molecule has 1 N–H and O–H groups in total. The molecule has 1 aromatic carbocycles. The van der Waals surface area contributed by atoms with Crippen molar-refractivity contribution >= 4 is 5.97 Å². The number of benzene rings is 1. The number of carbonyl (C=O) groups excluding carboxylic acids is 1. The molecular formula is C18H24O4. The van der Waals surface area contributed by atoms with E-state index < -0.39 is 0 Å². The van der Waals surface area contributed by atoms with Crippen LogP contribution in [0.5, 0.6) is 11.5 Å². The highest BCUT2D eigenvalue weighted by molar-refractivity contribution is 5.90. The van der Waals surface area contributed by atoms with Gasteiger partial charge in [-0.05, 0) is 48.8 Å². The number of hydrogen-bond donors (Lipinski definition) is 1. The third-order valence-corrected chi connectivity index (χ3v) is 5.62. The molecule has 120 valence electrons. The maximum Gasteiger partial charge on any atom is 0.338 e. The monoisotopic (exact) mass is 304 g/mol. The van der Waals surface area contributed by atoms with Gasteiger partial charge in [0.05, 0.1) is 12.7 Å². The molecule has 0 aliphatic heterocycles. The van der Waals surface area contributed by atoms with Gasteiger partial charge in [-0.3, -0.25) is 0 Å². The smallest absolute Gasteiger partial charge is 0.338 e. The van der Waals surface area contributed by atoms with Crippen molar-refractivity contribution in [2.75, 3.05) is 7.11 Å². The van der Waals surface area contributed by atoms with Crippen molar-refractivity contribution in [2.24, 2.45) is 16.7 Å². The van der Waals surface area contributed by atoms with E-state index in [1.54, 1.807) is 6.07 Å². The lowest BCUT2D eigenvalue weighted by Gasteiger charge is -2.38. The van der Waals surface area contributed by atoms with Crippen LogP contribution in [0.3, 0.4) is 0 Å². The number of hydrogen-bond acceptors (Lipinski definition) is 4. The molecule has 2 bridgehead atoms. The van der Waals surface area contributed by atoms with Gasteiger partial charge in [-0.1, -0.05) is 20.8 Å². The molecule has 2 aliphatic rings. The van der Waals surface area contributed by atoms with Crippen LogP contribution in [0.25, 0.3) is 0 Å². The highest BCUT2D eigenvalue weighted by atomic mass is 16.5. The first kappa shape index (κ1) is 15.2. The summed E-state index contributed by atoms with van der Waals surface area (Å²) in [4.78, 5) is 12.4. The van der Waals surface area contributed by atoms with Crippen LogP contribution in [0.1, 0.15) is 50.4 Å². The van der Waals surface area contributed by atoms with E-state index in [-0.39, 0.29) is 29.0 Å². The lowest BCUT2D eigenvalue weighted by Crippen LogP contribution is -2.37. The van der Waals surface area contributed by atoms with Crippen molar-refractivity contribution in [2.45, 2.75) is 46.1 Å². The Balaban J connectivity index is 1.74. The van der Waals surface area contributed by atoms with Crippen molar-refractivity contribution in [1.82, 2.24) is 0 Å². The largest absolute Gasteiger partial charge is 0.504 e. The second-order valence-electron chi connectivity index (χ2n) is 7.74. The molecule has 0 saturated heterocycles. The van der Waals surface area contributed by atoms with Gasteiger partial charge in [0, 0.05) is 5.41 Å². The van der Waals surface area contributed by atoms with Gasteiger partial charge in [-0.2, -0.15) is 0 Å².